The lowest BCUT2D eigenvalue weighted by Crippen LogP contribution is -2.26. The maximum Gasteiger partial charge on any atom is 0.133 e. The largest absolute Gasteiger partial charge is 0.497 e. The van der Waals surface area contributed by atoms with Crippen LogP contribution in [0.1, 0.15) is 12.5 Å². The van der Waals surface area contributed by atoms with Crippen molar-refractivity contribution in [2.45, 2.75) is 20.0 Å². The maximum atomic E-state index is 6.22. The summed E-state index contributed by atoms with van der Waals surface area (Å²) in [5.41, 5.74) is 9.91. The lowest BCUT2D eigenvalue weighted by atomic mass is 10.1. The number of rotatable bonds is 4. The Morgan fingerprint density at radius 1 is 1.24 bits per heavy atom. The topological polar surface area (TPSA) is 82.9 Å². The van der Waals surface area contributed by atoms with Gasteiger partial charge in [-0.2, -0.15) is 10.2 Å². The van der Waals surface area contributed by atoms with E-state index in [4.69, 9.17) is 10.5 Å². The molecule has 1 unspecified atom stereocenters. The Labute approximate surface area is 146 Å². The van der Waals surface area contributed by atoms with E-state index >= 15 is 0 Å². The van der Waals surface area contributed by atoms with E-state index in [1.807, 2.05) is 39.8 Å². The third kappa shape index (κ3) is 2.82. The van der Waals surface area contributed by atoms with Gasteiger partial charge in [-0.25, -0.2) is 4.68 Å². The first kappa shape index (κ1) is 15.6. The second-order valence-electron chi connectivity index (χ2n) is 6.53. The van der Waals surface area contributed by atoms with E-state index in [9.17, 15) is 0 Å². The Morgan fingerprint density at radius 2 is 2.04 bits per heavy atom. The molecule has 3 aromatic rings. The fourth-order valence-electron chi connectivity index (χ4n) is 3.23. The Bertz CT molecular complexity index is 880. The number of anilines is 2. The van der Waals surface area contributed by atoms with Crippen molar-refractivity contribution >= 4 is 11.5 Å². The molecule has 4 rings (SSSR count). The second kappa shape index (κ2) is 6.16. The van der Waals surface area contributed by atoms with Crippen molar-refractivity contribution in [2.24, 2.45) is 5.92 Å². The first-order valence-corrected chi connectivity index (χ1v) is 8.40. The number of methoxy groups -OCH3 is 1. The molecule has 7 heteroatoms. The molecule has 0 fully saturated rings. The zero-order chi connectivity index (χ0) is 17.4. The van der Waals surface area contributed by atoms with E-state index in [0.29, 0.717) is 18.2 Å². The number of ether oxygens (including phenoxy) is 1. The molecule has 3 N–H and O–H groups in total. The zero-order valence-corrected chi connectivity index (χ0v) is 14.4. The van der Waals surface area contributed by atoms with Gasteiger partial charge in [0.1, 0.15) is 11.6 Å². The van der Waals surface area contributed by atoms with Crippen molar-refractivity contribution < 1.29 is 4.74 Å². The molecule has 1 aromatic carbocycles. The van der Waals surface area contributed by atoms with Gasteiger partial charge in [-0.1, -0.05) is 19.1 Å². The predicted octanol–water partition coefficient (Wildman–Crippen LogP) is 2.45. The van der Waals surface area contributed by atoms with Crippen molar-refractivity contribution in [3.8, 4) is 17.0 Å². The summed E-state index contributed by atoms with van der Waals surface area (Å²) < 4.78 is 9.15. The number of nitrogen functional groups attached to an aromatic ring is 1. The standard InChI is InChI=1S/C18H22N6O/c1-12-7-20-18-15(8-21-24(18)10-12)17-16(19)9-22-23(17)11-13-3-5-14(25-2)6-4-13/h3-6,8-9,12,20H,7,10-11,19H2,1-2H3. The van der Waals surface area contributed by atoms with Crippen LogP contribution < -0.4 is 15.8 Å². The van der Waals surface area contributed by atoms with E-state index in [1.165, 1.54) is 0 Å². The maximum absolute atomic E-state index is 6.22. The number of hydrogen-bond donors (Lipinski definition) is 2. The SMILES string of the molecule is COc1ccc(Cn2ncc(N)c2-c2cnn3c2NCC(C)C3)cc1. The first-order chi connectivity index (χ1) is 12.2. The molecule has 2 aromatic heterocycles. The fraction of sp³-hybridized carbons (Fsp3) is 0.333. The summed E-state index contributed by atoms with van der Waals surface area (Å²) in [4.78, 5) is 0. The number of benzene rings is 1. The minimum absolute atomic E-state index is 0.557. The summed E-state index contributed by atoms with van der Waals surface area (Å²) in [6.45, 7) is 4.69. The monoisotopic (exact) mass is 338 g/mol. The van der Waals surface area contributed by atoms with Crippen LogP contribution >= 0.6 is 0 Å². The Morgan fingerprint density at radius 3 is 2.80 bits per heavy atom. The van der Waals surface area contributed by atoms with Crippen LogP contribution in [0.15, 0.2) is 36.7 Å². The number of fused-ring (bicyclic) bond motifs is 1. The molecule has 0 saturated carbocycles. The molecule has 0 radical (unpaired) electrons. The number of nitrogens with one attached hydrogen (secondary N) is 1. The molecule has 0 saturated heterocycles. The van der Waals surface area contributed by atoms with E-state index in [0.717, 1.165) is 41.5 Å². The highest BCUT2D eigenvalue weighted by Gasteiger charge is 2.23. The van der Waals surface area contributed by atoms with E-state index < -0.39 is 0 Å². The fourth-order valence-corrected chi connectivity index (χ4v) is 3.23. The summed E-state index contributed by atoms with van der Waals surface area (Å²) >= 11 is 0. The molecular formula is C18H22N6O. The van der Waals surface area contributed by atoms with Crippen molar-refractivity contribution in [3.05, 3.63) is 42.2 Å². The van der Waals surface area contributed by atoms with Gasteiger partial charge in [0.25, 0.3) is 0 Å². The van der Waals surface area contributed by atoms with Gasteiger partial charge in [0.05, 0.1) is 43.0 Å². The summed E-state index contributed by atoms with van der Waals surface area (Å²) in [5.74, 6) is 2.41. The summed E-state index contributed by atoms with van der Waals surface area (Å²) in [5, 5.41) is 12.5. The van der Waals surface area contributed by atoms with Crippen molar-refractivity contribution in [1.29, 1.82) is 0 Å². The van der Waals surface area contributed by atoms with Crippen molar-refractivity contribution in [3.63, 3.8) is 0 Å². The van der Waals surface area contributed by atoms with Crippen LogP contribution in [-0.2, 0) is 13.1 Å². The van der Waals surface area contributed by atoms with E-state index in [-0.39, 0.29) is 0 Å². The van der Waals surface area contributed by atoms with Gasteiger partial charge in [0, 0.05) is 13.1 Å². The first-order valence-electron chi connectivity index (χ1n) is 8.40. The highest BCUT2D eigenvalue weighted by molar-refractivity contribution is 5.81. The quantitative estimate of drug-likeness (QED) is 0.763. The molecule has 0 amide bonds. The number of nitrogens with zero attached hydrogens (tertiary/aromatic N) is 4. The van der Waals surface area contributed by atoms with Gasteiger partial charge in [0.2, 0.25) is 0 Å². The van der Waals surface area contributed by atoms with Crippen LogP contribution in [0.4, 0.5) is 11.5 Å². The number of nitrogens with two attached hydrogens (primary N) is 1. The molecule has 1 atom stereocenters. The number of aromatic nitrogens is 4. The Kier molecular flexibility index (Phi) is 3.83. The van der Waals surface area contributed by atoms with Crippen molar-refractivity contribution in [2.75, 3.05) is 24.7 Å². The number of hydrogen-bond acceptors (Lipinski definition) is 5. The lowest BCUT2D eigenvalue weighted by Gasteiger charge is -2.23. The molecule has 0 aliphatic carbocycles. The zero-order valence-electron chi connectivity index (χ0n) is 14.4. The molecule has 1 aliphatic rings. The van der Waals surface area contributed by atoms with Gasteiger partial charge < -0.3 is 15.8 Å². The van der Waals surface area contributed by atoms with Crippen LogP contribution in [0.2, 0.25) is 0 Å². The molecule has 7 nitrogen and oxygen atoms in total. The summed E-state index contributed by atoms with van der Waals surface area (Å²) in [7, 11) is 1.67. The van der Waals surface area contributed by atoms with Gasteiger partial charge in [-0.3, -0.25) is 4.68 Å². The predicted molar refractivity (Wildman–Crippen MR) is 97.6 cm³/mol. The lowest BCUT2D eigenvalue weighted by molar-refractivity contribution is 0.414. The minimum Gasteiger partial charge on any atom is -0.497 e. The second-order valence-corrected chi connectivity index (χ2v) is 6.53. The molecule has 0 bridgehead atoms. The molecular weight excluding hydrogens is 316 g/mol. The van der Waals surface area contributed by atoms with Gasteiger partial charge in [0.15, 0.2) is 0 Å². The van der Waals surface area contributed by atoms with Crippen LogP contribution in [0, 0.1) is 5.92 Å². The van der Waals surface area contributed by atoms with Gasteiger partial charge in [-0.05, 0) is 23.6 Å². The molecule has 25 heavy (non-hydrogen) atoms. The molecule has 130 valence electrons. The Hall–Kier alpha value is -2.96. The molecule has 0 spiro atoms. The smallest absolute Gasteiger partial charge is 0.133 e. The third-order valence-electron chi connectivity index (χ3n) is 4.56. The van der Waals surface area contributed by atoms with Crippen LogP contribution in [0.25, 0.3) is 11.3 Å². The normalized spacial score (nSPS) is 16.3. The third-order valence-corrected chi connectivity index (χ3v) is 4.56. The Balaban J connectivity index is 1.68. The summed E-state index contributed by atoms with van der Waals surface area (Å²) in [6, 6.07) is 7.97. The van der Waals surface area contributed by atoms with Crippen LogP contribution in [0.5, 0.6) is 5.75 Å². The van der Waals surface area contributed by atoms with Crippen LogP contribution in [0.3, 0.4) is 0 Å². The molecule has 3 heterocycles. The average molecular weight is 338 g/mol. The van der Waals surface area contributed by atoms with Gasteiger partial charge in [-0.15, -0.1) is 0 Å². The van der Waals surface area contributed by atoms with Gasteiger partial charge >= 0.3 is 0 Å². The van der Waals surface area contributed by atoms with E-state index in [1.54, 1.807) is 13.3 Å². The van der Waals surface area contributed by atoms with E-state index in [2.05, 4.69) is 22.4 Å². The highest BCUT2D eigenvalue weighted by atomic mass is 16.5. The molecule has 1 aliphatic heterocycles. The van der Waals surface area contributed by atoms with Crippen LogP contribution in [-0.4, -0.2) is 33.2 Å². The average Bonchev–Trinajstić information content (AvgIpc) is 3.18. The van der Waals surface area contributed by atoms with Crippen molar-refractivity contribution in [1.82, 2.24) is 19.6 Å². The highest BCUT2D eigenvalue weighted by Crippen LogP contribution is 2.34. The minimum atomic E-state index is 0.557. The summed E-state index contributed by atoms with van der Waals surface area (Å²) in [6.07, 6.45) is 3.58.